The van der Waals surface area contributed by atoms with E-state index in [0.29, 0.717) is 54.7 Å². The Morgan fingerprint density at radius 2 is 1.80 bits per heavy atom. The number of ketones is 1. The van der Waals surface area contributed by atoms with Crippen LogP contribution in [0, 0.1) is 0 Å². The van der Waals surface area contributed by atoms with E-state index < -0.39 is 17.5 Å². The van der Waals surface area contributed by atoms with Crippen LogP contribution in [-0.4, -0.2) is 78.5 Å². The van der Waals surface area contributed by atoms with Crippen LogP contribution in [0.3, 0.4) is 0 Å². The number of Topliss-reactive ketones (excluding diaryl/α,β-unsaturated/α-hetero) is 1. The topological polar surface area (TPSA) is 136 Å². The molecule has 1 saturated heterocycles. The molecule has 45 heavy (non-hydrogen) atoms. The molecule has 2 aromatic carbocycles. The predicted molar refractivity (Wildman–Crippen MR) is 167 cm³/mol. The molecule has 6 rings (SSSR count). The number of carbonyl (C=O) groups excluding carboxylic acids is 3. The van der Waals surface area contributed by atoms with Gasteiger partial charge in [-0.15, -0.1) is 0 Å². The highest BCUT2D eigenvalue weighted by Crippen LogP contribution is 2.31. The Morgan fingerprint density at radius 3 is 2.58 bits per heavy atom. The highest BCUT2D eigenvalue weighted by molar-refractivity contribution is 6.03. The second-order valence-electron chi connectivity index (χ2n) is 11.9. The standard InChI is InChI=1S/C34H40N4O7/c1-2-8-26(30(39)32-35-25-9-4-5-10-28(25)45-32)36-33(41)34(13-6-3-7-14-34)37-31(40)29-22-23-21-24(11-12-27(23)44-29)43-20-17-38-15-18-42-19-16-38/h4-5,9-12,21-22,26H,2-3,6-8,13-20H2,1H3,(H,36,41)(H,37,40)/t26-/m0/s1. The maximum atomic E-state index is 13.9. The summed E-state index contributed by atoms with van der Waals surface area (Å²) in [6.07, 6.45) is 4.50. The number of nitrogens with zero attached hydrogens (tertiary/aromatic N) is 2. The van der Waals surface area contributed by atoms with E-state index in [1.54, 1.807) is 24.3 Å². The third-order valence-corrected chi connectivity index (χ3v) is 8.69. The van der Waals surface area contributed by atoms with Crippen LogP contribution in [0.5, 0.6) is 5.75 Å². The van der Waals surface area contributed by atoms with Crippen LogP contribution in [0.2, 0.25) is 0 Å². The van der Waals surface area contributed by atoms with E-state index in [-0.39, 0.29) is 23.3 Å². The van der Waals surface area contributed by atoms with Crippen molar-refractivity contribution in [1.29, 1.82) is 0 Å². The summed E-state index contributed by atoms with van der Waals surface area (Å²) in [7, 11) is 0. The number of fused-ring (bicyclic) bond motifs is 2. The maximum Gasteiger partial charge on any atom is 0.287 e. The van der Waals surface area contributed by atoms with Crippen LogP contribution in [0.1, 0.15) is 73.1 Å². The summed E-state index contributed by atoms with van der Waals surface area (Å²) in [5.74, 6) is -0.485. The fourth-order valence-corrected chi connectivity index (χ4v) is 6.16. The first kappa shape index (κ1) is 30.8. The van der Waals surface area contributed by atoms with Gasteiger partial charge in [0, 0.05) is 25.0 Å². The Bertz CT molecular complexity index is 1620. The maximum absolute atomic E-state index is 13.9. The molecule has 0 unspecified atom stereocenters. The van der Waals surface area contributed by atoms with Crippen molar-refractivity contribution in [3.8, 4) is 5.75 Å². The molecule has 11 nitrogen and oxygen atoms in total. The Morgan fingerprint density at radius 1 is 1.00 bits per heavy atom. The minimum absolute atomic E-state index is 0.0385. The van der Waals surface area contributed by atoms with E-state index in [9.17, 15) is 14.4 Å². The normalized spacial score (nSPS) is 17.6. The molecule has 3 heterocycles. The zero-order valence-electron chi connectivity index (χ0n) is 25.6. The molecule has 1 saturated carbocycles. The van der Waals surface area contributed by atoms with E-state index in [2.05, 4.69) is 20.5 Å². The average molecular weight is 617 g/mol. The molecule has 1 atom stereocenters. The summed E-state index contributed by atoms with van der Waals surface area (Å²) in [6.45, 7) is 6.58. The molecule has 238 valence electrons. The van der Waals surface area contributed by atoms with Crippen LogP contribution in [-0.2, 0) is 9.53 Å². The SMILES string of the molecule is CCC[C@H](NC(=O)C1(NC(=O)c2cc3cc(OCCN4CCOCC4)ccc3o2)CCCCC1)C(=O)c1nc2ccccc2o1. The van der Waals surface area contributed by atoms with E-state index in [0.717, 1.165) is 57.5 Å². The van der Waals surface area contributed by atoms with Crippen LogP contribution >= 0.6 is 0 Å². The zero-order valence-corrected chi connectivity index (χ0v) is 25.6. The highest BCUT2D eigenvalue weighted by Gasteiger charge is 2.43. The fraction of sp³-hybridized carbons (Fsp3) is 0.471. The summed E-state index contributed by atoms with van der Waals surface area (Å²) in [6, 6.07) is 13.4. The molecule has 0 radical (unpaired) electrons. The number of ether oxygens (including phenoxy) is 2. The lowest BCUT2D eigenvalue weighted by Gasteiger charge is -2.37. The van der Waals surface area contributed by atoms with Crippen molar-refractivity contribution in [2.24, 2.45) is 0 Å². The average Bonchev–Trinajstić information content (AvgIpc) is 3.70. The minimum Gasteiger partial charge on any atom is -0.492 e. The lowest BCUT2D eigenvalue weighted by atomic mass is 9.80. The first-order valence-corrected chi connectivity index (χ1v) is 15.9. The van der Waals surface area contributed by atoms with Crippen molar-refractivity contribution in [2.75, 3.05) is 39.5 Å². The molecular formula is C34H40N4O7. The minimum atomic E-state index is -1.17. The Labute approximate surface area is 261 Å². The number of hydrogen-bond donors (Lipinski definition) is 2. The highest BCUT2D eigenvalue weighted by atomic mass is 16.5. The van der Waals surface area contributed by atoms with Gasteiger partial charge in [0.2, 0.25) is 11.7 Å². The van der Waals surface area contributed by atoms with Gasteiger partial charge in [-0.05, 0) is 55.7 Å². The fourth-order valence-electron chi connectivity index (χ4n) is 6.16. The van der Waals surface area contributed by atoms with Crippen molar-refractivity contribution in [2.45, 2.75) is 63.5 Å². The monoisotopic (exact) mass is 616 g/mol. The number of nitrogens with one attached hydrogen (secondary N) is 2. The molecule has 2 amide bonds. The van der Waals surface area contributed by atoms with Gasteiger partial charge < -0.3 is 28.9 Å². The number of rotatable bonds is 12. The number of benzene rings is 2. The summed E-state index contributed by atoms with van der Waals surface area (Å²) in [5, 5.41) is 6.68. The van der Waals surface area contributed by atoms with E-state index in [4.69, 9.17) is 18.3 Å². The van der Waals surface area contributed by atoms with E-state index in [1.807, 2.05) is 31.2 Å². The second-order valence-corrected chi connectivity index (χ2v) is 11.9. The van der Waals surface area contributed by atoms with Crippen LogP contribution in [0.4, 0.5) is 0 Å². The number of amides is 2. The molecule has 2 fully saturated rings. The number of oxazole rings is 1. The van der Waals surface area contributed by atoms with Gasteiger partial charge in [0.15, 0.2) is 11.3 Å². The lowest BCUT2D eigenvalue weighted by molar-refractivity contribution is -0.129. The summed E-state index contributed by atoms with van der Waals surface area (Å²) in [5.41, 5.74) is 0.469. The number of para-hydroxylation sites is 2. The largest absolute Gasteiger partial charge is 0.492 e. The number of morpholine rings is 1. The first-order valence-electron chi connectivity index (χ1n) is 15.9. The van der Waals surface area contributed by atoms with Crippen LogP contribution in [0.15, 0.2) is 57.4 Å². The molecule has 2 aliphatic rings. The van der Waals surface area contributed by atoms with Gasteiger partial charge in [-0.25, -0.2) is 4.98 Å². The molecule has 2 aromatic heterocycles. The van der Waals surface area contributed by atoms with Gasteiger partial charge in [0.25, 0.3) is 11.8 Å². The van der Waals surface area contributed by atoms with Crippen LogP contribution < -0.4 is 15.4 Å². The second kappa shape index (κ2) is 13.8. The first-order chi connectivity index (χ1) is 21.9. The van der Waals surface area contributed by atoms with E-state index in [1.165, 1.54) is 0 Å². The smallest absolute Gasteiger partial charge is 0.287 e. The Balaban J connectivity index is 1.14. The quantitative estimate of drug-likeness (QED) is 0.213. The molecule has 0 bridgehead atoms. The number of hydrogen-bond acceptors (Lipinski definition) is 9. The summed E-state index contributed by atoms with van der Waals surface area (Å²) in [4.78, 5) is 47.6. The van der Waals surface area contributed by atoms with Crippen molar-refractivity contribution in [1.82, 2.24) is 20.5 Å². The predicted octanol–water partition coefficient (Wildman–Crippen LogP) is 4.89. The molecule has 1 aliphatic carbocycles. The van der Waals surface area contributed by atoms with Gasteiger partial charge in [0.1, 0.15) is 29.0 Å². The Kier molecular flexibility index (Phi) is 9.46. The van der Waals surface area contributed by atoms with Gasteiger partial charge in [0.05, 0.1) is 19.3 Å². The lowest BCUT2D eigenvalue weighted by Crippen LogP contribution is -2.61. The third-order valence-electron chi connectivity index (χ3n) is 8.69. The van der Waals surface area contributed by atoms with Crippen molar-refractivity contribution < 1.29 is 32.7 Å². The van der Waals surface area contributed by atoms with Gasteiger partial charge in [-0.2, -0.15) is 0 Å². The molecule has 1 aliphatic heterocycles. The van der Waals surface area contributed by atoms with Crippen LogP contribution in [0.25, 0.3) is 22.1 Å². The van der Waals surface area contributed by atoms with Crippen molar-refractivity contribution in [3.05, 3.63) is 60.2 Å². The number of aromatic nitrogens is 1. The molecule has 11 heteroatoms. The Hall–Kier alpha value is -4.22. The summed E-state index contributed by atoms with van der Waals surface area (Å²) < 4.78 is 23.0. The zero-order chi connectivity index (χ0) is 31.2. The molecule has 2 N–H and O–H groups in total. The number of furan rings is 1. The van der Waals surface area contributed by atoms with Crippen molar-refractivity contribution in [3.63, 3.8) is 0 Å². The summed E-state index contributed by atoms with van der Waals surface area (Å²) >= 11 is 0. The van der Waals surface area contributed by atoms with E-state index >= 15 is 0 Å². The van der Waals surface area contributed by atoms with Gasteiger partial charge >= 0.3 is 0 Å². The number of carbonyl (C=O) groups is 3. The van der Waals surface area contributed by atoms with Crippen molar-refractivity contribution >= 4 is 39.7 Å². The molecule has 0 spiro atoms. The molecular weight excluding hydrogens is 576 g/mol. The van der Waals surface area contributed by atoms with Gasteiger partial charge in [-0.1, -0.05) is 44.7 Å². The third kappa shape index (κ3) is 7.04. The van der Waals surface area contributed by atoms with Gasteiger partial charge in [-0.3, -0.25) is 19.3 Å². The molecule has 4 aromatic rings.